The highest BCUT2D eigenvalue weighted by atomic mass is 13.9. The van der Waals surface area contributed by atoms with Crippen molar-refractivity contribution in [1.29, 1.82) is 0 Å². The molecule has 12 heavy (non-hydrogen) atoms. The Hall–Kier alpha value is -0.780. The monoisotopic (exact) mass is 164 g/mol. The van der Waals surface area contributed by atoms with Gasteiger partial charge in [0.05, 0.1) is 0 Å². The van der Waals surface area contributed by atoms with Gasteiger partial charge < -0.3 is 0 Å². The van der Waals surface area contributed by atoms with Crippen molar-refractivity contribution in [2.75, 3.05) is 0 Å². The second-order valence-corrected chi connectivity index (χ2v) is 3.64. The van der Waals surface area contributed by atoms with E-state index in [9.17, 15) is 0 Å². The van der Waals surface area contributed by atoms with Crippen molar-refractivity contribution in [2.45, 2.75) is 27.7 Å². The minimum absolute atomic E-state index is 0.642. The Morgan fingerprint density at radius 3 is 1.17 bits per heavy atom. The summed E-state index contributed by atoms with van der Waals surface area (Å²) >= 11 is 0. The van der Waals surface area contributed by atoms with E-state index in [4.69, 9.17) is 0 Å². The van der Waals surface area contributed by atoms with E-state index in [1.807, 2.05) is 0 Å². The van der Waals surface area contributed by atoms with Gasteiger partial charge in [-0.05, 0) is 11.8 Å². The van der Waals surface area contributed by atoms with Gasteiger partial charge >= 0.3 is 0 Å². The molecule has 0 rings (SSSR count). The van der Waals surface area contributed by atoms with Gasteiger partial charge in [-0.2, -0.15) is 0 Å². The minimum Gasteiger partial charge on any atom is -0.0820 e. The first kappa shape index (κ1) is 11.2. The average Bonchev–Trinajstić information content (AvgIpc) is 1.95. The van der Waals surface area contributed by atoms with Gasteiger partial charge in [0.15, 0.2) is 0 Å². The highest BCUT2D eigenvalue weighted by molar-refractivity contribution is 5.11. The molecular formula is C12H20. The fourth-order valence-corrected chi connectivity index (χ4v) is 0.701. The van der Waals surface area contributed by atoms with Crippen LogP contribution in [0.25, 0.3) is 0 Å². The van der Waals surface area contributed by atoms with E-state index in [-0.39, 0.29) is 0 Å². The Morgan fingerprint density at radius 2 is 0.917 bits per heavy atom. The molecule has 0 aliphatic carbocycles. The fourth-order valence-electron chi connectivity index (χ4n) is 0.701. The third kappa shape index (κ3) is 9.22. The Bertz CT molecular complexity index is 148. The zero-order valence-corrected chi connectivity index (χ0v) is 8.62. The van der Waals surface area contributed by atoms with Crippen LogP contribution >= 0.6 is 0 Å². The fraction of sp³-hybridized carbons (Fsp3) is 0.500. The van der Waals surface area contributed by atoms with Gasteiger partial charge in [0.1, 0.15) is 0 Å². The van der Waals surface area contributed by atoms with Crippen molar-refractivity contribution < 1.29 is 0 Å². The third-order valence-corrected chi connectivity index (χ3v) is 1.33. The first-order valence-electron chi connectivity index (χ1n) is 4.64. The van der Waals surface area contributed by atoms with Gasteiger partial charge in [0.2, 0.25) is 0 Å². The van der Waals surface area contributed by atoms with E-state index in [1.54, 1.807) is 0 Å². The van der Waals surface area contributed by atoms with Crippen molar-refractivity contribution in [3.05, 3.63) is 36.5 Å². The SMILES string of the molecule is CC(C)C=CC=CC=CC(C)C. The molecule has 0 aliphatic heterocycles. The smallest absolute Gasteiger partial charge is 0.0287 e. The summed E-state index contributed by atoms with van der Waals surface area (Å²) in [6.07, 6.45) is 12.7. The van der Waals surface area contributed by atoms with Gasteiger partial charge in [-0.25, -0.2) is 0 Å². The standard InChI is InChI=1S/C12H20/c1-11(2)9-7-5-6-8-10-12(3)4/h5-12H,1-4H3. The van der Waals surface area contributed by atoms with Crippen molar-refractivity contribution in [3.8, 4) is 0 Å². The summed E-state index contributed by atoms with van der Waals surface area (Å²) in [5.41, 5.74) is 0. The third-order valence-electron chi connectivity index (χ3n) is 1.33. The molecule has 0 atom stereocenters. The van der Waals surface area contributed by atoms with Crippen molar-refractivity contribution >= 4 is 0 Å². The summed E-state index contributed by atoms with van der Waals surface area (Å²) in [5, 5.41) is 0. The Morgan fingerprint density at radius 1 is 0.583 bits per heavy atom. The molecule has 68 valence electrons. The Labute approximate surface area is 76.7 Å². The molecule has 0 aliphatic rings. The van der Waals surface area contributed by atoms with Crippen LogP contribution in [0, 0.1) is 11.8 Å². The lowest BCUT2D eigenvalue weighted by molar-refractivity contribution is 0.831. The highest BCUT2D eigenvalue weighted by Gasteiger charge is 1.80. The Kier molecular flexibility index (Phi) is 6.45. The van der Waals surface area contributed by atoms with Crippen LogP contribution in [-0.2, 0) is 0 Å². The van der Waals surface area contributed by atoms with E-state index >= 15 is 0 Å². The predicted octanol–water partition coefficient (Wildman–Crippen LogP) is 3.97. The molecule has 0 N–H and O–H groups in total. The molecule has 0 aromatic carbocycles. The van der Waals surface area contributed by atoms with Crippen LogP contribution in [0.1, 0.15) is 27.7 Å². The molecule has 0 nitrogen and oxygen atoms in total. The maximum absolute atomic E-state index is 2.18. The van der Waals surface area contributed by atoms with Crippen LogP contribution < -0.4 is 0 Å². The molecule has 0 heteroatoms. The van der Waals surface area contributed by atoms with Crippen molar-refractivity contribution in [2.24, 2.45) is 11.8 Å². The maximum atomic E-state index is 2.18. The molecule has 0 amide bonds. The molecule has 0 aromatic rings. The zero-order valence-electron chi connectivity index (χ0n) is 8.62. The Balaban J connectivity index is 3.63. The first-order valence-corrected chi connectivity index (χ1v) is 4.64. The lowest BCUT2D eigenvalue weighted by Crippen LogP contribution is -1.75. The van der Waals surface area contributed by atoms with E-state index in [0.717, 1.165) is 0 Å². The van der Waals surface area contributed by atoms with Crippen LogP contribution in [0.4, 0.5) is 0 Å². The van der Waals surface area contributed by atoms with E-state index in [1.165, 1.54) is 0 Å². The molecule has 0 radical (unpaired) electrons. The van der Waals surface area contributed by atoms with Crippen LogP contribution in [0.2, 0.25) is 0 Å². The molecule has 0 bridgehead atoms. The molecular weight excluding hydrogens is 144 g/mol. The van der Waals surface area contributed by atoms with Crippen LogP contribution in [0.3, 0.4) is 0 Å². The number of hydrogen-bond donors (Lipinski definition) is 0. The highest BCUT2D eigenvalue weighted by Crippen LogP contribution is 1.95. The van der Waals surface area contributed by atoms with Gasteiger partial charge in [0.25, 0.3) is 0 Å². The number of hydrogen-bond acceptors (Lipinski definition) is 0. The van der Waals surface area contributed by atoms with Gasteiger partial charge in [0, 0.05) is 0 Å². The second kappa shape index (κ2) is 6.90. The number of allylic oxidation sites excluding steroid dienone is 6. The first-order chi connectivity index (χ1) is 5.63. The molecule has 0 spiro atoms. The maximum Gasteiger partial charge on any atom is -0.0287 e. The van der Waals surface area contributed by atoms with Crippen LogP contribution in [-0.4, -0.2) is 0 Å². The topological polar surface area (TPSA) is 0 Å². The van der Waals surface area contributed by atoms with E-state index < -0.39 is 0 Å². The van der Waals surface area contributed by atoms with E-state index in [2.05, 4.69) is 64.2 Å². The quantitative estimate of drug-likeness (QED) is 0.551. The summed E-state index contributed by atoms with van der Waals surface area (Å²) in [6.45, 7) is 8.70. The normalized spacial score (nSPS) is 13.5. The van der Waals surface area contributed by atoms with Crippen molar-refractivity contribution in [1.82, 2.24) is 0 Å². The lowest BCUT2D eigenvalue weighted by Gasteiger charge is -1.90. The van der Waals surface area contributed by atoms with E-state index in [0.29, 0.717) is 11.8 Å². The lowest BCUT2D eigenvalue weighted by atomic mass is 10.2. The zero-order chi connectivity index (χ0) is 9.40. The molecule has 0 unspecified atom stereocenters. The summed E-state index contributed by atoms with van der Waals surface area (Å²) in [6, 6.07) is 0. The summed E-state index contributed by atoms with van der Waals surface area (Å²) in [5.74, 6) is 1.28. The molecule has 0 heterocycles. The van der Waals surface area contributed by atoms with Crippen LogP contribution in [0.15, 0.2) is 36.5 Å². The van der Waals surface area contributed by atoms with Gasteiger partial charge in [-0.1, -0.05) is 64.2 Å². The summed E-state index contributed by atoms with van der Waals surface area (Å²) < 4.78 is 0. The van der Waals surface area contributed by atoms with Crippen molar-refractivity contribution in [3.63, 3.8) is 0 Å². The predicted molar refractivity (Wildman–Crippen MR) is 57.1 cm³/mol. The van der Waals surface area contributed by atoms with Gasteiger partial charge in [-0.15, -0.1) is 0 Å². The summed E-state index contributed by atoms with van der Waals surface area (Å²) in [7, 11) is 0. The molecule has 0 saturated heterocycles. The second-order valence-electron chi connectivity index (χ2n) is 3.64. The van der Waals surface area contributed by atoms with Gasteiger partial charge in [-0.3, -0.25) is 0 Å². The largest absolute Gasteiger partial charge is 0.0820 e. The number of rotatable bonds is 4. The summed E-state index contributed by atoms with van der Waals surface area (Å²) in [4.78, 5) is 0. The molecule has 0 aromatic heterocycles. The van der Waals surface area contributed by atoms with Crippen LogP contribution in [0.5, 0.6) is 0 Å². The molecule has 0 fully saturated rings. The minimum atomic E-state index is 0.642. The average molecular weight is 164 g/mol. The molecule has 0 saturated carbocycles.